The van der Waals surface area contributed by atoms with Crippen molar-refractivity contribution in [3.8, 4) is 0 Å². The lowest BCUT2D eigenvalue weighted by atomic mass is 10.0. The summed E-state index contributed by atoms with van der Waals surface area (Å²) in [6.07, 6.45) is 3.38. The Kier molecular flexibility index (Phi) is 6.60. The van der Waals surface area contributed by atoms with Crippen molar-refractivity contribution in [2.24, 2.45) is 5.73 Å². The van der Waals surface area contributed by atoms with Crippen molar-refractivity contribution < 1.29 is 22.7 Å². The molecule has 1 fully saturated rings. The smallest absolute Gasteiger partial charge is 0.328 e. The molecule has 1 aliphatic rings. The van der Waals surface area contributed by atoms with Crippen LogP contribution in [0.4, 0.5) is 0 Å². The summed E-state index contributed by atoms with van der Waals surface area (Å²) in [5, 5.41) is 0. The molecule has 0 aliphatic carbocycles. The van der Waals surface area contributed by atoms with Crippen molar-refractivity contribution >= 4 is 21.7 Å². The van der Waals surface area contributed by atoms with Gasteiger partial charge in [0.15, 0.2) is 0 Å². The van der Waals surface area contributed by atoms with Crippen LogP contribution in [0.2, 0.25) is 0 Å². The van der Waals surface area contributed by atoms with Crippen molar-refractivity contribution in [2.75, 3.05) is 25.2 Å². The highest BCUT2D eigenvalue weighted by Crippen LogP contribution is 2.19. The molecular formula is C13H24N2O5S. The standard InChI is InChI=1S/C13H24N2O5S/c1-3-20-13(17)11-6-4-5-8-15(11)12(16)10(14)7-9-21(2,18)19/h10-11H,3-9,14H2,1-2H3. The molecule has 0 aromatic rings. The summed E-state index contributed by atoms with van der Waals surface area (Å²) >= 11 is 0. The van der Waals surface area contributed by atoms with Crippen molar-refractivity contribution in [2.45, 2.75) is 44.7 Å². The Morgan fingerprint density at radius 1 is 1.38 bits per heavy atom. The van der Waals surface area contributed by atoms with Crippen LogP contribution in [0, 0.1) is 0 Å². The molecule has 2 unspecified atom stereocenters. The lowest BCUT2D eigenvalue weighted by Crippen LogP contribution is -2.54. The molecule has 7 nitrogen and oxygen atoms in total. The van der Waals surface area contributed by atoms with Gasteiger partial charge in [0.25, 0.3) is 0 Å². The second kappa shape index (κ2) is 7.74. The van der Waals surface area contributed by atoms with E-state index in [-0.39, 0.29) is 24.7 Å². The summed E-state index contributed by atoms with van der Waals surface area (Å²) in [5.41, 5.74) is 5.78. The van der Waals surface area contributed by atoms with Crippen molar-refractivity contribution in [1.29, 1.82) is 0 Å². The SMILES string of the molecule is CCOC(=O)C1CCCCN1C(=O)C(N)CCS(C)(=O)=O. The number of nitrogens with zero attached hydrogens (tertiary/aromatic N) is 1. The number of amides is 1. The molecule has 8 heteroatoms. The van der Waals surface area contributed by atoms with Gasteiger partial charge in [-0.05, 0) is 32.6 Å². The minimum Gasteiger partial charge on any atom is -0.464 e. The number of likely N-dealkylation sites (tertiary alicyclic amines) is 1. The molecule has 0 bridgehead atoms. The molecule has 0 radical (unpaired) electrons. The van der Waals surface area contributed by atoms with Crippen molar-refractivity contribution in [3.63, 3.8) is 0 Å². The predicted molar refractivity (Wildman–Crippen MR) is 78.3 cm³/mol. The molecule has 0 aromatic carbocycles. The number of carbonyl (C=O) groups is 2. The van der Waals surface area contributed by atoms with Gasteiger partial charge in [-0.2, -0.15) is 0 Å². The zero-order valence-corrected chi connectivity index (χ0v) is 13.4. The third kappa shape index (κ3) is 5.62. The Bertz CT molecular complexity index is 477. The van der Waals surface area contributed by atoms with E-state index in [9.17, 15) is 18.0 Å². The van der Waals surface area contributed by atoms with E-state index in [2.05, 4.69) is 0 Å². The Hall–Kier alpha value is -1.15. The Balaban J connectivity index is 2.70. The van der Waals surface area contributed by atoms with Gasteiger partial charge in [-0.1, -0.05) is 0 Å². The average molecular weight is 320 g/mol. The number of sulfone groups is 1. The molecule has 1 aliphatic heterocycles. The zero-order chi connectivity index (χ0) is 16.0. The van der Waals surface area contributed by atoms with Gasteiger partial charge in [0, 0.05) is 12.8 Å². The first-order valence-corrected chi connectivity index (χ1v) is 9.22. The number of hydrogen-bond acceptors (Lipinski definition) is 6. The zero-order valence-electron chi connectivity index (χ0n) is 12.6. The molecule has 1 heterocycles. The Labute approximate surface area is 125 Å². The van der Waals surface area contributed by atoms with Crippen molar-refractivity contribution in [3.05, 3.63) is 0 Å². The highest BCUT2D eigenvalue weighted by molar-refractivity contribution is 7.90. The minimum absolute atomic E-state index is 0.0592. The largest absolute Gasteiger partial charge is 0.464 e. The van der Waals surface area contributed by atoms with Crippen LogP contribution in [0.1, 0.15) is 32.6 Å². The van der Waals surface area contributed by atoms with E-state index in [0.29, 0.717) is 13.0 Å². The van der Waals surface area contributed by atoms with Gasteiger partial charge in [-0.25, -0.2) is 13.2 Å². The van der Waals surface area contributed by atoms with Gasteiger partial charge in [0.05, 0.1) is 18.4 Å². The van der Waals surface area contributed by atoms with E-state index in [1.807, 2.05) is 0 Å². The average Bonchev–Trinajstić information content (AvgIpc) is 2.43. The summed E-state index contributed by atoms with van der Waals surface area (Å²) in [6.45, 7) is 2.43. The molecule has 2 N–H and O–H groups in total. The fraction of sp³-hybridized carbons (Fsp3) is 0.846. The van der Waals surface area contributed by atoms with Crippen LogP contribution in [-0.2, 0) is 24.2 Å². The quantitative estimate of drug-likeness (QED) is 0.673. The monoisotopic (exact) mass is 320 g/mol. The number of nitrogens with two attached hydrogens (primary N) is 1. The van der Waals surface area contributed by atoms with Crippen molar-refractivity contribution in [1.82, 2.24) is 4.90 Å². The normalized spacial score (nSPS) is 20.9. The lowest BCUT2D eigenvalue weighted by molar-refractivity contribution is -0.157. The van der Waals surface area contributed by atoms with Gasteiger partial charge >= 0.3 is 5.97 Å². The summed E-state index contributed by atoms with van der Waals surface area (Å²) in [7, 11) is -3.16. The van der Waals surface area contributed by atoms with Gasteiger partial charge in [-0.15, -0.1) is 0 Å². The molecule has 0 saturated carbocycles. The number of hydrogen-bond donors (Lipinski definition) is 1. The van der Waals surface area contributed by atoms with E-state index < -0.39 is 27.9 Å². The maximum absolute atomic E-state index is 12.3. The topological polar surface area (TPSA) is 107 Å². The van der Waals surface area contributed by atoms with Crippen LogP contribution >= 0.6 is 0 Å². The highest BCUT2D eigenvalue weighted by atomic mass is 32.2. The first-order valence-electron chi connectivity index (χ1n) is 7.16. The van der Waals surface area contributed by atoms with E-state index in [1.54, 1.807) is 6.92 Å². The summed E-state index contributed by atoms with van der Waals surface area (Å²) in [5.74, 6) is -0.935. The molecular weight excluding hydrogens is 296 g/mol. The number of piperidine rings is 1. The van der Waals surface area contributed by atoms with Crippen LogP contribution in [0.5, 0.6) is 0 Å². The van der Waals surface area contributed by atoms with E-state index in [4.69, 9.17) is 10.5 Å². The molecule has 1 saturated heterocycles. The molecule has 0 spiro atoms. The molecule has 21 heavy (non-hydrogen) atoms. The maximum Gasteiger partial charge on any atom is 0.328 e. The fourth-order valence-corrected chi connectivity index (χ4v) is 3.04. The summed E-state index contributed by atoms with van der Waals surface area (Å²) < 4.78 is 27.3. The van der Waals surface area contributed by atoms with Crippen LogP contribution in [0.15, 0.2) is 0 Å². The highest BCUT2D eigenvalue weighted by Gasteiger charge is 2.35. The van der Waals surface area contributed by atoms with Gasteiger partial charge in [0.2, 0.25) is 5.91 Å². The van der Waals surface area contributed by atoms with Crippen LogP contribution < -0.4 is 5.73 Å². The molecule has 0 aromatic heterocycles. The van der Waals surface area contributed by atoms with E-state index >= 15 is 0 Å². The number of esters is 1. The number of rotatable bonds is 6. The minimum atomic E-state index is -3.16. The molecule has 1 rings (SSSR count). The summed E-state index contributed by atoms with van der Waals surface area (Å²) in [4.78, 5) is 25.7. The third-order valence-electron chi connectivity index (χ3n) is 3.46. The number of ether oxygens (including phenoxy) is 1. The molecule has 122 valence electrons. The van der Waals surface area contributed by atoms with Gasteiger partial charge in [-0.3, -0.25) is 4.79 Å². The fourth-order valence-electron chi connectivity index (χ4n) is 2.36. The second-order valence-electron chi connectivity index (χ2n) is 5.32. The Morgan fingerprint density at radius 2 is 2.05 bits per heavy atom. The first kappa shape index (κ1) is 17.9. The van der Waals surface area contributed by atoms with Crippen LogP contribution in [-0.4, -0.2) is 62.4 Å². The third-order valence-corrected chi connectivity index (χ3v) is 4.44. The first-order chi connectivity index (χ1) is 9.76. The van der Waals surface area contributed by atoms with E-state index in [1.165, 1.54) is 4.90 Å². The predicted octanol–water partition coefficient (Wildman–Crippen LogP) is -0.307. The second-order valence-corrected chi connectivity index (χ2v) is 7.58. The molecule has 1 amide bonds. The lowest BCUT2D eigenvalue weighted by Gasteiger charge is -2.35. The molecule has 2 atom stereocenters. The van der Waals surface area contributed by atoms with Crippen LogP contribution in [0.3, 0.4) is 0 Å². The van der Waals surface area contributed by atoms with Gasteiger partial charge < -0.3 is 15.4 Å². The van der Waals surface area contributed by atoms with E-state index in [0.717, 1.165) is 19.1 Å². The van der Waals surface area contributed by atoms with Gasteiger partial charge in [0.1, 0.15) is 15.9 Å². The Morgan fingerprint density at radius 3 is 2.62 bits per heavy atom. The summed E-state index contributed by atoms with van der Waals surface area (Å²) in [6, 6.07) is -1.51. The number of carbonyl (C=O) groups excluding carboxylic acids is 2. The van der Waals surface area contributed by atoms with Crippen LogP contribution in [0.25, 0.3) is 0 Å². The maximum atomic E-state index is 12.3.